The first-order valence-corrected chi connectivity index (χ1v) is 6.11. The molecule has 1 aliphatic heterocycles. The van der Waals surface area contributed by atoms with Crippen molar-refractivity contribution in [1.29, 1.82) is 0 Å². The summed E-state index contributed by atoms with van der Waals surface area (Å²) in [5.41, 5.74) is 6.80. The van der Waals surface area contributed by atoms with E-state index in [1.54, 1.807) is 23.1 Å². The molecule has 1 fully saturated rings. The number of rotatable bonds is 4. The molecule has 102 valence electrons. The predicted octanol–water partition coefficient (Wildman–Crippen LogP) is 0.838. The van der Waals surface area contributed by atoms with Crippen LogP contribution in [0.1, 0.15) is 12.8 Å². The van der Waals surface area contributed by atoms with Crippen molar-refractivity contribution in [3.05, 3.63) is 18.2 Å². The number of ether oxygens (including phenoxy) is 1. The van der Waals surface area contributed by atoms with Crippen LogP contribution in [0.25, 0.3) is 0 Å². The van der Waals surface area contributed by atoms with Crippen LogP contribution in [0.3, 0.4) is 0 Å². The summed E-state index contributed by atoms with van der Waals surface area (Å²) in [5, 5.41) is 2.72. The van der Waals surface area contributed by atoms with E-state index in [4.69, 9.17) is 10.5 Å². The van der Waals surface area contributed by atoms with E-state index in [2.05, 4.69) is 5.32 Å². The van der Waals surface area contributed by atoms with Gasteiger partial charge in [0.2, 0.25) is 11.8 Å². The fourth-order valence-electron chi connectivity index (χ4n) is 2.03. The van der Waals surface area contributed by atoms with Crippen LogP contribution in [0.15, 0.2) is 18.2 Å². The Morgan fingerprint density at radius 1 is 1.53 bits per heavy atom. The Morgan fingerprint density at radius 3 is 2.95 bits per heavy atom. The zero-order valence-electron chi connectivity index (χ0n) is 10.8. The van der Waals surface area contributed by atoms with Crippen molar-refractivity contribution < 1.29 is 14.3 Å². The molecule has 1 aromatic carbocycles. The van der Waals surface area contributed by atoms with Gasteiger partial charge in [-0.2, -0.15) is 0 Å². The number of hydrogen-bond donors (Lipinski definition) is 2. The van der Waals surface area contributed by atoms with E-state index < -0.39 is 0 Å². The van der Waals surface area contributed by atoms with Crippen LogP contribution in [0, 0.1) is 0 Å². The second-order valence-electron chi connectivity index (χ2n) is 4.42. The molecule has 1 saturated heterocycles. The highest BCUT2D eigenvalue weighted by molar-refractivity contribution is 5.95. The highest BCUT2D eigenvalue weighted by atomic mass is 16.5. The van der Waals surface area contributed by atoms with Crippen molar-refractivity contribution in [1.82, 2.24) is 4.90 Å². The third-order valence-electron chi connectivity index (χ3n) is 3.02. The van der Waals surface area contributed by atoms with E-state index in [9.17, 15) is 9.59 Å². The normalized spacial score (nSPS) is 14.6. The molecular weight excluding hydrogens is 246 g/mol. The Hall–Kier alpha value is -2.24. The van der Waals surface area contributed by atoms with Crippen molar-refractivity contribution in [2.75, 3.05) is 31.2 Å². The minimum Gasteiger partial charge on any atom is -0.495 e. The number of methoxy groups -OCH3 is 1. The second kappa shape index (κ2) is 5.60. The molecular formula is C13H17N3O3. The van der Waals surface area contributed by atoms with Gasteiger partial charge in [-0.05, 0) is 18.6 Å². The largest absolute Gasteiger partial charge is 0.495 e. The first-order valence-electron chi connectivity index (χ1n) is 6.11. The summed E-state index contributed by atoms with van der Waals surface area (Å²) in [4.78, 5) is 24.8. The molecule has 0 bridgehead atoms. The van der Waals surface area contributed by atoms with Crippen molar-refractivity contribution in [2.24, 2.45) is 0 Å². The highest BCUT2D eigenvalue weighted by Gasteiger charge is 2.22. The van der Waals surface area contributed by atoms with Crippen LogP contribution in [0.4, 0.5) is 11.4 Å². The number of carbonyl (C=O) groups is 2. The van der Waals surface area contributed by atoms with Crippen LogP contribution in [0.5, 0.6) is 5.75 Å². The first-order chi connectivity index (χ1) is 9.10. The fourth-order valence-corrected chi connectivity index (χ4v) is 2.03. The van der Waals surface area contributed by atoms with Crippen LogP contribution in [0.2, 0.25) is 0 Å². The maximum absolute atomic E-state index is 11.8. The van der Waals surface area contributed by atoms with Crippen LogP contribution >= 0.6 is 0 Å². The molecule has 0 aromatic heterocycles. The Kier molecular flexibility index (Phi) is 3.89. The summed E-state index contributed by atoms with van der Waals surface area (Å²) in [5.74, 6) is 0.321. The number of hydrogen-bond acceptors (Lipinski definition) is 4. The summed E-state index contributed by atoms with van der Waals surface area (Å²) in [6.07, 6.45) is 1.35. The van der Waals surface area contributed by atoms with E-state index in [0.29, 0.717) is 30.1 Å². The molecule has 3 N–H and O–H groups in total. The summed E-state index contributed by atoms with van der Waals surface area (Å²) in [7, 11) is 1.51. The minimum absolute atomic E-state index is 0.0324. The molecule has 0 atom stereocenters. The molecule has 1 heterocycles. The van der Waals surface area contributed by atoms with Crippen LogP contribution < -0.4 is 15.8 Å². The van der Waals surface area contributed by atoms with Gasteiger partial charge in [0.15, 0.2) is 0 Å². The van der Waals surface area contributed by atoms with Gasteiger partial charge in [0, 0.05) is 24.7 Å². The van der Waals surface area contributed by atoms with Crippen LogP contribution in [-0.4, -0.2) is 36.9 Å². The Morgan fingerprint density at radius 2 is 2.32 bits per heavy atom. The molecule has 1 aliphatic rings. The molecule has 0 radical (unpaired) electrons. The van der Waals surface area contributed by atoms with Crippen molar-refractivity contribution in [2.45, 2.75) is 12.8 Å². The number of amides is 2. The monoisotopic (exact) mass is 263 g/mol. The second-order valence-corrected chi connectivity index (χ2v) is 4.42. The van der Waals surface area contributed by atoms with Gasteiger partial charge in [0.25, 0.3) is 0 Å². The Labute approximate surface area is 111 Å². The summed E-state index contributed by atoms with van der Waals surface area (Å²) < 4.78 is 5.08. The molecule has 6 nitrogen and oxygen atoms in total. The molecule has 2 rings (SSSR count). The fraction of sp³-hybridized carbons (Fsp3) is 0.385. The summed E-state index contributed by atoms with van der Waals surface area (Å²) in [6, 6.07) is 5.01. The number of likely N-dealkylation sites (tertiary alicyclic amines) is 1. The zero-order chi connectivity index (χ0) is 13.8. The summed E-state index contributed by atoms with van der Waals surface area (Å²) >= 11 is 0. The maximum Gasteiger partial charge on any atom is 0.243 e. The highest BCUT2D eigenvalue weighted by Crippen LogP contribution is 2.24. The smallest absolute Gasteiger partial charge is 0.243 e. The van der Waals surface area contributed by atoms with Gasteiger partial charge in [-0.3, -0.25) is 9.59 Å². The standard InChI is InChI=1S/C13H17N3O3/c1-19-11-7-9(4-5-10(11)14)15-12(17)8-16-6-2-3-13(16)18/h4-5,7H,2-3,6,8,14H2,1H3,(H,15,17). The molecule has 0 saturated carbocycles. The van der Waals surface area contributed by atoms with Gasteiger partial charge in [-0.1, -0.05) is 0 Å². The van der Waals surface area contributed by atoms with Crippen molar-refractivity contribution >= 4 is 23.2 Å². The summed E-state index contributed by atoms with van der Waals surface area (Å²) in [6.45, 7) is 0.739. The lowest BCUT2D eigenvalue weighted by Crippen LogP contribution is -2.33. The number of nitrogens with zero attached hydrogens (tertiary/aromatic N) is 1. The average Bonchev–Trinajstić information content (AvgIpc) is 2.77. The SMILES string of the molecule is COc1cc(NC(=O)CN2CCCC2=O)ccc1N. The van der Waals surface area contributed by atoms with Gasteiger partial charge in [0.1, 0.15) is 5.75 Å². The number of carbonyl (C=O) groups excluding carboxylic acids is 2. The third kappa shape index (κ3) is 3.15. The molecule has 2 amide bonds. The van der Waals surface area contributed by atoms with Crippen molar-refractivity contribution in [3.63, 3.8) is 0 Å². The van der Waals surface area contributed by atoms with E-state index in [1.807, 2.05) is 0 Å². The number of nitrogen functional groups attached to an aromatic ring is 1. The van der Waals surface area contributed by atoms with E-state index >= 15 is 0 Å². The predicted molar refractivity (Wildman–Crippen MR) is 71.9 cm³/mol. The first kappa shape index (κ1) is 13.2. The quantitative estimate of drug-likeness (QED) is 0.788. The Bertz CT molecular complexity index is 502. The Balaban J connectivity index is 1.96. The van der Waals surface area contributed by atoms with Gasteiger partial charge in [-0.15, -0.1) is 0 Å². The van der Waals surface area contributed by atoms with Gasteiger partial charge < -0.3 is 20.7 Å². The van der Waals surface area contributed by atoms with Gasteiger partial charge in [-0.25, -0.2) is 0 Å². The molecule has 1 aromatic rings. The third-order valence-corrected chi connectivity index (χ3v) is 3.02. The van der Waals surface area contributed by atoms with E-state index in [0.717, 1.165) is 6.42 Å². The van der Waals surface area contributed by atoms with Gasteiger partial charge >= 0.3 is 0 Å². The molecule has 0 unspecified atom stereocenters. The molecule has 19 heavy (non-hydrogen) atoms. The van der Waals surface area contributed by atoms with Gasteiger partial charge in [0.05, 0.1) is 19.3 Å². The van der Waals surface area contributed by atoms with Crippen LogP contribution in [-0.2, 0) is 9.59 Å². The maximum atomic E-state index is 11.8. The molecule has 0 aliphatic carbocycles. The number of nitrogens with one attached hydrogen (secondary N) is 1. The lowest BCUT2D eigenvalue weighted by atomic mass is 10.2. The molecule has 0 spiro atoms. The topological polar surface area (TPSA) is 84.7 Å². The number of anilines is 2. The lowest BCUT2D eigenvalue weighted by molar-refractivity contribution is -0.131. The van der Waals surface area contributed by atoms with E-state index in [-0.39, 0.29) is 18.4 Å². The van der Waals surface area contributed by atoms with E-state index in [1.165, 1.54) is 7.11 Å². The number of nitrogens with two attached hydrogens (primary N) is 1. The number of benzene rings is 1. The minimum atomic E-state index is -0.220. The molecule has 6 heteroatoms. The average molecular weight is 263 g/mol. The zero-order valence-corrected chi connectivity index (χ0v) is 10.8. The lowest BCUT2D eigenvalue weighted by Gasteiger charge is -2.15. The van der Waals surface area contributed by atoms with Crippen molar-refractivity contribution in [3.8, 4) is 5.75 Å².